The molecule has 308 valence electrons. The van der Waals surface area contributed by atoms with Crippen LogP contribution >= 0.6 is 0 Å². The Morgan fingerprint density at radius 1 is 0.587 bits per heavy atom. The number of aryl methyl sites for hydroxylation is 1. The highest BCUT2D eigenvalue weighted by Gasteiger charge is 2.61. The quantitative estimate of drug-likeness (QED) is 0.155. The van der Waals surface area contributed by atoms with Gasteiger partial charge in [0.1, 0.15) is 0 Å². The van der Waals surface area contributed by atoms with Crippen molar-refractivity contribution < 1.29 is 0 Å². The normalized spacial score (nSPS) is 19.4. The summed E-state index contributed by atoms with van der Waals surface area (Å²) in [5.74, 6) is 0. The molecular formula is C58H54BN3Si. The van der Waals surface area contributed by atoms with Crippen LogP contribution in [0.4, 0.5) is 45.5 Å². The summed E-state index contributed by atoms with van der Waals surface area (Å²) in [5.41, 5.74) is 19.6. The second-order valence-electron chi connectivity index (χ2n) is 20.2. The first-order chi connectivity index (χ1) is 30.5. The maximum Gasteiger partial charge on any atom is 0.252 e. The number of rotatable bonds is 6. The SMILES string of the molecule is Cc1cc2c3c(c1)N1c4c(cccc4C4(C)CCCCC14C)B3c1ccc(N(c3ccc([Si](C)(C)C)cc3)c3cccc(-c4cccc5ccccc45)c3)cc1N2c1ccccc1. The van der Waals surface area contributed by atoms with Gasteiger partial charge in [0, 0.05) is 50.9 Å². The van der Waals surface area contributed by atoms with Gasteiger partial charge in [0.2, 0.25) is 0 Å². The number of para-hydroxylation sites is 2. The Kier molecular flexibility index (Phi) is 8.44. The molecule has 0 spiro atoms. The van der Waals surface area contributed by atoms with Gasteiger partial charge in [-0.1, -0.05) is 154 Å². The molecule has 8 aromatic carbocycles. The molecule has 0 radical (unpaired) electrons. The van der Waals surface area contributed by atoms with Gasteiger partial charge in [-0.3, -0.25) is 0 Å². The fourth-order valence-electron chi connectivity index (χ4n) is 12.2. The van der Waals surface area contributed by atoms with E-state index in [4.69, 9.17) is 0 Å². The van der Waals surface area contributed by atoms with E-state index in [-0.39, 0.29) is 17.7 Å². The van der Waals surface area contributed by atoms with Gasteiger partial charge in [0.15, 0.2) is 0 Å². The molecule has 63 heavy (non-hydrogen) atoms. The lowest BCUT2D eigenvalue weighted by Crippen LogP contribution is -2.64. The first kappa shape index (κ1) is 38.4. The van der Waals surface area contributed by atoms with Gasteiger partial charge < -0.3 is 14.7 Å². The molecule has 4 aliphatic rings. The van der Waals surface area contributed by atoms with Crippen molar-refractivity contribution >= 4 is 92.6 Å². The van der Waals surface area contributed by atoms with Crippen molar-refractivity contribution in [2.45, 2.75) is 77.0 Å². The Hall–Kier alpha value is -6.30. The second-order valence-corrected chi connectivity index (χ2v) is 25.2. The molecule has 8 aromatic rings. The van der Waals surface area contributed by atoms with E-state index >= 15 is 0 Å². The van der Waals surface area contributed by atoms with Gasteiger partial charge >= 0.3 is 0 Å². The van der Waals surface area contributed by atoms with Crippen LogP contribution in [0, 0.1) is 6.92 Å². The third kappa shape index (κ3) is 5.58. The molecular weight excluding hydrogens is 778 g/mol. The summed E-state index contributed by atoms with van der Waals surface area (Å²) in [5, 5.41) is 3.98. The standard InChI is InChI=1S/C58H54BN3Si/c1-39-35-53-55-54(36-39)62-56-49(57(2)33-12-13-34-58(57,62)3)25-16-26-51(56)59(55)50-32-29-45(38-52(50)61(53)42-20-8-7-9-21-42)60(43-27-30-46(31-28-43)63(4,5)6)44-22-14-19-41(37-44)48-24-15-18-40-17-10-11-23-47(40)48/h7-11,14-32,35-38H,12-13,33-34H2,1-6H3. The second kappa shape index (κ2) is 13.8. The van der Waals surface area contributed by atoms with Gasteiger partial charge in [-0.25, -0.2) is 0 Å². The Labute approximate surface area is 374 Å². The molecule has 0 aromatic heterocycles. The van der Waals surface area contributed by atoms with E-state index in [0.29, 0.717) is 0 Å². The van der Waals surface area contributed by atoms with Crippen molar-refractivity contribution in [3.05, 3.63) is 181 Å². The number of anilines is 8. The summed E-state index contributed by atoms with van der Waals surface area (Å²) < 4.78 is 0. The number of hydrogen-bond acceptors (Lipinski definition) is 3. The fraction of sp³-hybridized carbons (Fsp3) is 0.207. The lowest BCUT2D eigenvalue weighted by Gasteiger charge is -2.52. The van der Waals surface area contributed by atoms with E-state index < -0.39 is 8.07 Å². The zero-order valence-corrected chi connectivity index (χ0v) is 38.4. The van der Waals surface area contributed by atoms with Gasteiger partial charge in [-0.15, -0.1) is 0 Å². The summed E-state index contributed by atoms with van der Waals surface area (Å²) in [6.07, 6.45) is 4.98. The molecule has 2 unspecified atom stereocenters. The highest BCUT2D eigenvalue weighted by molar-refractivity contribution is 7.00. The number of nitrogens with zero attached hydrogens (tertiary/aromatic N) is 3. The first-order valence-corrected chi connectivity index (χ1v) is 26.6. The smallest absolute Gasteiger partial charge is 0.252 e. The van der Waals surface area contributed by atoms with Crippen molar-refractivity contribution in [2.24, 2.45) is 0 Å². The lowest BCUT2D eigenvalue weighted by molar-refractivity contribution is 0.195. The number of fused-ring (bicyclic) bond motifs is 8. The van der Waals surface area contributed by atoms with Gasteiger partial charge in [-0.05, 0) is 137 Å². The van der Waals surface area contributed by atoms with Crippen LogP contribution in [0.15, 0.2) is 170 Å². The van der Waals surface area contributed by atoms with Gasteiger partial charge in [0.05, 0.1) is 13.6 Å². The Bertz CT molecular complexity index is 3130. The first-order valence-electron chi connectivity index (χ1n) is 23.1. The summed E-state index contributed by atoms with van der Waals surface area (Å²) in [7, 11) is -1.53. The minimum absolute atomic E-state index is 0.00400. The zero-order valence-electron chi connectivity index (χ0n) is 37.4. The van der Waals surface area contributed by atoms with Crippen molar-refractivity contribution in [3.63, 3.8) is 0 Å². The zero-order chi connectivity index (χ0) is 42.8. The molecule has 1 aliphatic carbocycles. The topological polar surface area (TPSA) is 9.72 Å². The number of benzene rings is 8. The number of hydrogen-bond donors (Lipinski definition) is 0. The third-order valence-electron chi connectivity index (χ3n) is 15.6. The van der Waals surface area contributed by atoms with Crippen molar-refractivity contribution in [3.8, 4) is 11.1 Å². The predicted octanol–water partition coefficient (Wildman–Crippen LogP) is 13.2. The van der Waals surface area contributed by atoms with E-state index in [0.717, 1.165) is 17.1 Å². The molecule has 3 aliphatic heterocycles. The monoisotopic (exact) mass is 831 g/mol. The minimum atomic E-state index is -1.53. The molecule has 0 bridgehead atoms. The molecule has 2 atom stereocenters. The third-order valence-corrected chi connectivity index (χ3v) is 17.6. The van der Waals surface area contributed by atoms with E-state index in [1.54, 1.807) is 5.56 Å². The summed E-state index contributed by atoms with van der Waals surface area (Å²) >= 11 is 0. The molecule has 5 heteroatoms. The summed E-state index contributed by atoms with van der Waals surface area (Å²) in [4.78, 5) is 7.89. The molecule has 3 nitrogen and oxygen atoms in total. The van der Waals surface area contributed by atoms with Crippen molar-refractivity contribution in [1.82, 2.24) is 0 Å². The van der Waals surface area contributed by atoms with Crippen LogP contribution in [0.25, 0.3) is 21.9 Å². The van der Waals surface area contributed by atoms with Crippen molar-refractivity contribution in [1.29, 1.82) is 0 Å². The van der Waals surface area contributed by atoms with E-state index in [1.807, 2.05) is 0 Å². The fourth-order valence-corrected chi connectivity index (χ4v) is 13.4. The van der Waals surface area contributed by atoms with E-state index in [9.17, 15) is 0 Å². The van der Waals surface area contributed by atoms with Crippen LogP contribution in [-0.2, 0) is 5.41 Å². The molecule has 1 fully saturated rings. The summed E-state index contributed by atoms with van der Waals surface area (Å²) in [6.45, 7) is 14.8. The van der Waals surface area contributed by atoms with Crippen LogP contribution in [0.2, 0.25) is 19.6 Å². The van der Waals surface area contributed by atoms with Crippen LogP contribution in [-0.4, -0.2) is 20.3 Å². The Balaban J connectivity index is 1.10. The molecule has 0 N–H and O–H groups in total. The molecule has 12 rings (SSSR count). The average Bonchev–Trinajstić information content (AvgIpc) is 3.51. The highest BCUT2D eigenvalue weighted by atomic mass is 28.3. The largest absolute Gasteiger partial charge is 0.335 e. The Morgan fingerprint density at radius 2 is 1.29 bits per heavy atom. The van der Waals surface area contributed by atoms with Crippen LogP contribution in [0.1, 0.15) is 50.7 Å². The maximum absolute atomic E-state index is 2.83. The van der Waals surface area contributed by atoms with E-state index in [2.05, 4.69) is 225 Å². The lowest BCUT2D eigenvalue weighted by atomic mass is 9.33. The van der Waals surface area contributed by atoms with Gasteiger partial charge in [-0.2, -0.15) is 0 Å². The molecule has 1 saturated carbocycles. The maximum atomic E-state index is 2.83. The van der Waals surface area contributed by atoms with Crippen LogP contribution in [0.3, 0.4) is 0 Å². The van der Waals surface area contributed by atoms with E-state index in [1.165, 1.54) is 103 Å². The summed E-state index contributed by atoms with van der Waals surface area (Å²) in [6, 6.07) is 64.7. The Morgan fingerprint density at radius 3 is 2.11 bits per heavy atom. The van der Waals surface area contributed by atoms with Gasteiger partial charge in [0.25, 0.3) is 6.71 Å². The van der Waals surface area contributed by atoms with Crippen LogP contribution < -0.4 is 36.3 Å². The predicted molar refractivity (Wildman–Crippen MR) is 274 cm³/mol. The minimum Gasteiger partial charge on any atom is -0.335 e. The highest BCUT2D eigenvalue weighted by Crippen LogP contribution is 2.61. The molecule has 0 amide bonds. The average molecular weight is 832 g/mol. The molecule has 3 heterocycles. The van der Waals surface area contributed by atoms with Crippen LogP contribution in [0.5, 0.6) is 0 Å². The molecule has 0 saturated heterocycles. The van der Waals surface area contributed by atoms with Crippen molar-refractivity contribution in [2.75, 3.05) is 14.7 Å².